The lowest BCUT2D eigenvalue weighted by Crippen LogP contribution is -2.23. The van der Waals surface area contributed by atoms with Crippen LogP contribution in [-0.2, 0) is 0 Å². The summed E-state index contributed by atoms with van der Waals surface area (Å²) in [5, 5.41) is 3.67. The van der Waals surface area contributed by atoms with E-state index in [0.717, 1.165) is 6.54 Å². The summed E-state index contributed by atoms with van der Waals surface area (Å²) in [6.45, 7) is 5.35. The maximum Gasteiger partial charge on any atom is 0.0536 e. The Bertz CT molecular complexity index is 464. The minimum Gasteiger partial charge on any atom is -0.307 e. The first kappa shape index (κ1) is 15.8. The molecule has 1 aliphatic rings. The van der Waals surface area contributed by atoms with Gasteiger partial charge in [-0.05, 0) is 56.3 Å². The fraction of sp³-hybridized carbons (Fsp3) is 0.556. The molecule has 2 heteroatoms. The van der Waals surface area contributed by atoms with Crippen molar-refractivity contribution in [2.45, 2.75) is 58.4 Å². The lowest BCUT2D eigenvalue weighted by molar-refractivity contribution is 0.554. The molecule has 110 valence electrons. The van der Waals surface area contributed by atoms with Crippen molar-refractivity contribution in [3.63, 3.8) is 0 Å². The van der Waals surface area contributed by atoms with Gasteiger partial charge in [0.25, 0.3) is 0 Å². The van der Waals surface area contributed by atoms with Crippen LogP contribution >= 0.6 is 15.9 Å². The van der Waals surface area contributed by atoms with Gasteiger partial charge in [0.1, 0.15) is 0 Å². The highest BCUT2D eigenvalue weighted by Crippen LogP contribution is 2.31. The van der Waals surface area contributed by atoms with Crippen molar-refractivity contribution in [3.8, 4) is 0 Å². The number of hydrogen-bond acceptors (Lipinski definition) is 1. The van der Waals surface area contributed by atoms with Crippen LogP contribution in [0.5, 0.6) is 0 Å². The number of allylic oxidation sites excluding steroid dienone is 1. The number of likely N-dealkylation sites (N-methyl/N-ethyl adjacent to an activating group) is 1. The topological polar surface area (TPSA) is 12.0 Å². The zero-order valence-electron chi connectivity index (χ0n) is 12.7. The van der Waals surface area contributed by atoms with Crippen LogP contribution in [0, 0.1) is 6.92 Å². The molecule has 0 fully saturated rings. The highest BCUT2D eigenvalue weighted by molar-refractivity contribution is 9.10. The van der Waals surface area contributed by atoms with Crippen molar-refractivity contribution in [1.29, 1.82) is 0 Å². The van der Waals surface area contributed by atoms with Gasteiger partial charge in [-0.2, -0.15) is 0 Å². The predicted molar refractivity (Wildman–Crippen MR) is 91.1 cm³/mol. The van der Waals surface area contributed by atoms with Crippen LogP contribution in [0.25, 0.3) is 0 Å². The first-order valence-electron chi connectivity index (χ1n) is 7.90. The molecule has 1 unspecified atom stereocenters. The van der Waals surface area contributed by atoms with Crippen LogP contribution in [0.1, 0.15) is 62.6 Å². The molecule has 2 rings (SSSR count). The summed E-state index contributed by atoms with van der Waals surface area (Å²) in [6, 6.07) is 7.15. The van der Waals surface area contributed by atoms with E-state index < -0.39 is 0 Å². The van der Waals surface area contributed by atoms with Crippen molar-refractivity contribution in [2.75, 3.05) is 6.54 Å². The molecule has 1 N–H and O–H groups in total. The second kappa shape index (κ2) is 7.99. The molecule has 0 aliphatic heterocycles. The molecule has 1 aromatic carbocycles. The third-order valence-electron chi connectivity index (χ3n) is 4.13. The summed E-state index contributed by atoms with van der Waals surface area (Å²) >= 11 is 3.67. The fourth-order valence-electron chi connectivity index (χ4n) is 2.93. The molecule has 1 aliphatic carbocycles. The van der Waals surface area contributed by atoms with E-state index in [1.165, 1.54) is 54.1 Å². The van der Waals surface area contributed by atoms with Crippen LogP contribution < -0.4 is 5.32 Å². The Labute approximate surface area is 132 Å². The number of halogens is 1. The molecule has 0 spiro atoms. The lowest BCUT2D eigenvalue weighted by atomic mass is 9.90. The Hall–Kier alpha value is -0.600. The van der Waals surface area contributed by atoms with Gasteiger partial charge in [-0.1, -0.05) is 59.5 Å². The van der Waals surface area contributed by atoms with Gasteiger partial charge in [0.05, 0.1) is 6.04 Å². The van der Waals surface area contributed by atoms with Crippen LogP contribution in [0.3, 0.4) is 0 Å². The average Bonchev–Trinajstić information content (AvgIpc) is 2.40. The fourth-order valence-corrected chi connectivity index (χ4v) is 3.33. The Kier molecular flexibility index (Phi) is 6.31. The van der Waals surface area contributed by atoms with Crippen molar-refractivity contribution >= 4 is 15.9 Å². The van der Waals surface area contributed by atoms with Crippen molar-refractivity contribution < 1.29 is 0 Å². The first-order chi connectivity index (χ1) is 9.72. The number of hydrogen-bond donors (Lipinski definition) is 1. The normalized spacial score (nSPS) is 20.6. The number of benzene rings is 1. The summed E-state index contributed by atoms with van der Waals surface area (Å²) in [5.41, 5.74) is 4.27. The summed E-state index contributed by atoms with van der Waals surface area (Å²) < 4.78 is 1.21. The van der Waals surface area contributed by atoms with E-state index in [4.69, 9.17) is 0 Å². The van der Waals surface area contributed by atoms with Gasteiger partial charge in [0, 0.05) is 4.47 Å². The van der Waals surface area contributed by atoms with E-state index in [1.54, 1.807) is 5.57 Å². The van der Waals surface area contributed by atoms with Gasteiger partial charge in [-0.3, -0.25) is 0 Å². The molecule has 1 atom stereocenters. The van der Waals surface area contributed by atoms with E-state index in [0.29, 0.717) is 6.04 Å². The van der Waals surface area contributed by atoms with Crippen molar-refractivity contribution in [3.05, 3.63) is 45.4 Å². The van der Waals surface area contributed by atoms with E-state index in [-0.39, 0.29) is 0 Å². The Morgan fingerprint density at radius 1 is 1.20 bits per heavy atom. The Morgan fingerprint density at radius 2 is 2.00 bits per heavy atom. The first-order valence-corrected chi connectivity index (χ1v) is 8.70. The molecular formula is C18H26BrN. The Balaban J connectivity index is 2.26. The third kappa shape index (κ3) is 4.20. The minimum atomic E-state index is 0.384. The molecule has 0 aromatic heterocycles. The quantitative estimate of drug-likeness (QED) is 0.697. The van der Waals surface area contributed by atoms with E-state index in [2.05, 4.69) is 59.4 Å². The zero-order chi connectivity index (χ0) is 14.4. The van der Waals surface area contributed by atoms with Crippen LogP contribution in [0.4, 0.5) is 0 Å². The molecule has 0 bridgehead atoms. The SMILES string of the molecule is CCNC(/C1=C/CCCCCC1)c1ccc(C)c(Br)c1. The third-order valence-corrected chi connectivity index (χ3v) is 4.99. The smallest absolute Gasteiger partial charge is 0.0536 e. The molecule has 0 radical (unpaired) electrons. The summed E-state index contributed by atoms with van der Waals surface area (Å²) in [7, 11) is 0. The molecule has 1 aromatic rings. The average molecular weight is 336 g/mol. The van der Waals surface area contributed by atoms with Gasteiger partial charge >= 0.3 is 0 Å². The molecule has 20 heavy (non-hydrogen) atoms. The van der Waals surface area contributed by atoms with Crippen LogP contribution in [0.2, 0.25) is 0 Å². The standard InChI is InChI=1S/C18H26BrN/c1-3-20-18(15-9-7-5-4-6-8-10-15)16-12-11-14(2)17(19)13-16/h9,11-13,18,20H,3-8,10H2,1-2H3/b15-9+. The van der Waals surface area contributed by atoms with E-state index in [1.807, 2.05) is 0 Å². The van der Waals surface area contributed by atoms with Gasteiger partial charge in [-0.15, -0.1) is 0 Å². The summed E-state index contributed by atoms with van der Waals surface area (Å²) in [6.07, 6.45) is 10.4. The number of rotatable bonds is 4. The van der Waals surface area contributed by atoms with Gasteiger partial charge < -0.3 is 5.32 Å². The van der Waals surface area contributed by atoms with Crippen molar-refractivity contribution in [2.24, 2.45) is 0 Å². The summed E-state index contributed by atoms with van der Waals surface area (Å²) in [4.78, 5) is 0. The second-order valence-electron chi connectivity index (χ2n) is 5.73. The number of aryl methyl sites for hydroxylation is 1. The van der Waals surface area contributed by atoms with Gasteiger partial charge in [0.15, 0.2) is 0 Å². The molecule has 1 nitrogen and oxygen atoms in total. The van der Waals surface area contributed by atoms with Crippen LogP contribution in [0.15, 0.2) is 34.3 Å². The minimum absolute atomic E-state index is 0.384. The highest BCUT2D eigenvalue weighted by atomic mass is 79.9. The van der Waals surface area contributed by atoms with Gasteiger partial charge in [0.2, 0.25) is 0 Å². The predicted octanol–water partition coefficient (Wildman–Crippen LogP) is 5.69. The molecule has 0 saturated heterocycles. The van der Waals surface area contributed by atoms with E-state index in [9.17, 15) is 0 Å². The maximum absolute atomic E-state index is 3.67. The highest BCUT2D eigenvalue weighted by Gasteiger charge is 2.16. The van der Waals surface area contributed by atoms with E-state index >= 15 is 0 Å². The summed E-state index contributed by atoms with van der Waals surface area (Å²) in [5.74, 6) is 0. The largest absolute Gasteiger partial charge is 0.307 e. The van der Waals surface area contributed by atoms with Gasteiger partial charge in [-0.25, -0.2) is 0 Å². The zero-order valence-corrected chi connectivity index (χ0v) is 14.3. The van der Waals surface area contributed by atoms with Crippen LogP contribution in [-0.4, -0.2) is 6.54 Å². The molecule has 0 heterocycles. The lowest BCUT2D eigenvalue weighted by Gasteiger charge is -2.24. The second-order valence-corrected chi connectivity index (χ2v) is 6.59. The molecule has 0 amide bonds. The number of nitrogens with one attached hydrogen (secondary N) is 1. The Morgan fingerprint density at radius 3 is 2.75 bits per heavy atom. The monoisotopic (exact) mass is 335 g/mol. The molecule has 0 saturated carbocycles. The maximum atomic E-state index is 3.67. The van der Waals surface area contributed by atoms with Crippen molar-refractivity contribution in [1.82, 2.24) is 5.32 Å². The molecular weight excluding hydrogens is 310 g/mol.